The maximum Gasteiger partial charge on any atom is 0.264 e. The van der Waals surface area contributed by atoms with Crippen molar-refractivity contribution in [3.05, 3.63) is 65.9 Å². The number of nitrogens with one attached hydrogen (secondary N) is 2. The van der Waals surface area contributed by atoms with Crippen molar-refractivity contribution < 1.29 is 21.9 Å². The number of hydrogen-bond acceptors (Lipinski definition) is 7. The zero-order valence-electron chi connectivity index (χ0n) is 23.9. The van der Waals surface area contributed by atoms with E-state index < -0.39 is 26.6 Å². The molecule has 0 atom stereocenters. The van der Waals surface area contributed by atoms with Gasteiger partial charge in [-0.05, 0) is 75.3 Å². The van der Waals surface area contributed by atoms with E-state index in [2.05, 4.69) is 15.0 Å². The Labute approximate surface area is 244 Å². The number of rotatable bonds is 10. The first-order chi connectivity index (χ1) is 20.1. The fourth-order valence-electron chi connectivity index (χ4n) is 5.67. The summed E-state index contributed by atoms with van der Waals surface area (Å²) in [5.41, 5.74) is 8.94. The van der Waals surface area contributed by atoms with Gasteiger partial charge in [0.25, 0.3) is 10.0 Å². The van der Waals surface area contributed by atoms with Crippen molar-refractivity contribution in [3.63, 3.8) is 0 Å². The van der Waals surface area contributed by atoms with Crippen LogP contribution in [0.25, 0.3) is 22.2 Å². The monoisotopic (exact) mass is 598 g/mol. The van der Waals surface area contributed by atoms with Crippen LogP contribution in [0, 0.1) is 11.6 Å². The van der Waals surface area contributed by atoms with Crippen LogP contribution in [-0.4, -0.2) is 49.5 Å². The summed E-state index contributed by atoms with van der Waals surface area (Å²) in [5, 5.41) is 9.06. The predicted molar refractivity (Wildman–Crippen MR) is 160 cm³/mol. The number of nitrogens with zero attached hydrogens (tertiary/aromatic N) is 3. The van der Waals surface area contributed by atoms with Gasteiger partial charge in [-0.2, -0.15) is 5.10 Å². The molecule has 224 valence electrons. The van der Waals surface area contributed by atoms with E-state index in [1.165, 1.54) is 24.3 Å². The van der Waals surface area contributed by atoms with Crippen LogP contribution >= 0.6 is 0 Å². The molecular weight excluding hydrogens is 562 g/mol. The van der Waals surface area contributed by atoms with Gasteiger partial charge >= 0.3 is 0 Å². The third-order valence-electron chi connectivity index (χ3n) is 7.79. The third kappa shape index (κ3) is 5.97. The molecule has 4 N–H and O–H groups in total. The van der Waals surface area contributed by atoms with Gasteiger partial charge in [0.05, 0.1) is 23.2 Å². The molecule has 5 rings (SSSR count). The van der Waals surface area contributed by atoms with Crippen molar-refractivity contribution in [2.45, 2.75) is 62.4 Å². The highest BCUT2D eigenvalue weighted by Gasteiger charge is 2.28. The number of sulfonamides is 1. The standard InChI is InChI=1S/C30H36F2N6O3S/c1-18(2)38-29-22(19-8-11-21(12-9-19)34-14-15-41-3)17-35-30(33)27(29)28(36-38)20-10-13-25(24(32)16-20)37-42(39,40)26-7-5-4-6-23(26)31/h4-7,10,13,16-19,21,34,37H,8-9,11-12,14-15H2,1-3H3,(H2,33,35)/t19-,21-. The quantitative estimate of drug-likeness (QED) is 0.203. The molecule has 4 aromatic rings. The molecular formula is C30H36F2N6O3S. The number of halogens is 2. The highest BCUT2D eigenvalue weighted by Crippen LogP contribution is 2.41. The van der Waals surface area contributed by atoms with E-state index >= 15 is 4.39 Å². The smallest absolute Gasteiger partial charge is 0.264 e. The summed E-state index contributed by atoms with van der Waals surface area (Å²) in [6.07, 6.45) is 5.86. The van der Waals surface area contributed by atoms with Gasteiger partial charge in [-0.3, -0.25) is 9.40 Å². The second-order valence-corrected chi connectivity index (χ2v) is 12.6. The van der Waals surface area contributed by atoms with Gasteiger partial charge in [0.1, 0.15) is 28.0 Å². The van der Waals surface area contributed by atoms with Gasteiger partial charge in [-0.15, -0.1) is 0 Å². The second kappa shape index (κ2) is 12.3. The molecule has 1 fully saturated rings. The van der Waals surface area contributed by atoms with Crippen molar-refractivity contribution in [2.75, 3.05) is 30.7 Å². The number of ether oxygens (including phenoxy) is 1. The lowest BCUT2D eigenvalue weighted by atomic mass is 9.81. The van der Waals surface area contributed by atoms with Gasteiger partial charge in [-0.25, -0.2) is 22.2 Å². The Bertz CT molecular complexity index is 1680. The van der Waals surface area contributed by atoms with Gasteiger partial charge in [0, 0.05) is 37.5 Å². The molecule has 1 aliphatic rings. The number of nitrogen functional groups attached to an aromatic ring is 1. The molecule has 2 aromatic heterocycles. The van der Waals surface area contributed by atoms with Crippen LogP contribution in [0.5, 0.6) is 0 Å². The first-order valence-electron chi connectivity index (χ1n) is 14.1. The van der Waals surface area contributed by atoms with E-state index in [-0.39, 0.29) is 23.5 Å². The normalized spacial score (nSPS) is 17.7. The van der Waals surface area contributed by atoms with Crippen molar-refractivity contribution in [2.24, 2.45) is 0 Å². The molecule has 1 saturated carbocycles. The van der Waals surface area contributed by atoms with Crippen LogP contribution in [-0.2, 0) is 14.8 Å². The Balaban J connectivity index is 1.48. The van der Waals surface area contributed by atoms with Crippen LogP contribution in [0.15, 0.2) is 53.6 Å². The summed E-state index contributed by atoms with van der Waals surface area (Å²) in [5.74, 6) is -1.20. The number of methoxy groups -OCH3 is 1. The minimum Gasteiger partial charge on any atom is -0.383 e. The number of fused-ring (bicyclic) bond motifs is 1. The van der Waals surface area contributed by atoms with E-state index in [0.717, 1.165) is 55.4 Å². The average Bonchev–Trinajstić information content (AvgIpc) is 3.37. The van der Waals surface area contributed by atoms with Crippen LogP contribution in [0.1, 0.15) is 57.1 Å². The van der Waals surface area contributed by atoms with E-state index in [0.29, 0.717) is 29.3 Å². The zero-order chi connectivity index (χ0) is 30.0. The summed E-state index contributed by atoms with van der Waals surface area (Å²) < 4.78 is 64.2. The molecule has 42 heavy (non-hydrogen) atoms. The Morgan fingerprint density at radius 2 is 1.83 bits per heavy atom. The van der Waals surface area contributed by atoms with Crippen molar-refractivity contribution in [1.29, 1.82) is 0 Å². The molecule has 2 heterocycles. The number of hydrogen-bond donors (Lipinski definition) is 3. The summed E-state index contributed by atoms with van der Waals surface area (Å²) in [7, 11) is -2.65. The molecule has 12 heteroatoms. The first kappa shape index (κ1) is 29.9. The van der Waals surface area contributed by atoms with E-state index in [1.54, 1.807) is 13.2 Å². The second-order valence-electron chi connectivity index (χ2n) is 10.9. The molecule has 0 spiro atoms. The molecule has 0 bridgehead atoms. The maximum absolute atomic E-state index is 15.4. The summed E-state index contributed by atoms with van der Waals surface area (Å²) >= 11 is 0. The van der Waals surface area contributed by atoms with Gasteiger partial charge in [0.15, 0.2) is 0 Å². The number of benzene rings is 2. The minimum absolute atomic E-state index is 0.00875. The molecule has 1 aliphatic carbocycles. The van der Waals surface area contributed by atoms with Crippen LogP contribution < -0.4 is 15.8 Å². The Kier molecular flexibility index (Phi) is 8.76. The summed E-state index contributed by atoms with van der Waals surface area (Å²) in [4.78, 5) is 3.95. The maximum atomic E-state index is 15.4. The fraction of sp³-hybridized carbons (Fsp3) is 0.400. The fourth-order valence-corrected chi connectivity index (χ4v) is 6.82. The third-order valence-corrected chi connectivity index (χ3v) is 9.19. The van der Waals surface area contributed by atoms with Crippen LogP contribution in [0.2, 0.25) is 0 Å². The van der Waals surface area contributed by atoms with Crippen molar-refractivity contribution in [3.8, 4) is 11.3 Å². The predicted octanol–water partition coefficient (Wildman–Crippen LogP) is 5.60. The van der Waals surface area contributed by atoms with Crippen LogP contribution in [0.4, 0.5) is 20.3 Å². The van der Waals surface area contributed by atoms with E-state index in [1.807, 2.05) is 24.7 Å². The molecule has 9 nitrogen and oxygen atoms in total. The minimum atomic E-state index is -4.35. The zero-order valence-corrected chi connectivity index (χ0v) is 24.7. The van der Waals surface area contributed by atoms with Crippen LogP contribution in [0.3, 0.4) is 0 Å². The lowest BCUT2D eigenvalue weighted by Crippen LogP contribution is -2.34. The number of nitrogens with two attached hydrogens (primary N) is 1. The molecule has 0 radical (unpaired) electrons. The SMILES string of the molecule is COCCN[C@H]1CC[C@H](c2cnc(N)c3c(-c4ccc(NS(=O)(=O)c5ccccc5F)c(F)c4)nn(C(C)C)c32)CC1. The Morgan fingerprint density at radius 1 is 1.10 bits per heavy atom. The van der Waals surface area contributed by atoms with Crippen molar-refractivity contribution in [1.82, 2.24) is 20.1 Å². The van der Waals surface area contributed by atoms with Gasteiger partial charge in [0.2, 0.25) is 0 Å². The molecule has 0 saturated heterocycles. The highest BCUT2D eigenvalue weighted by molar-refractivity contribution is 7.92. The summed E-state index contributed by atoms with van der Waals surface area (Å²) in [6.45, 7) is 5.55. The highest BCUT2D eigenvalue weighted by atomic mass is 32.2. The van der Waals surface area contributed by atoms with Gasteiger partial charge in [-0.1, -0.05) is 18.2 Å². The molecule has 0 unspecified atom stereocenters. The number of anilines is 2. The number of aromatic nitrogens is 3. The molecule has 0 amide bonds. The molecule has 0 aliphatic heterocycles. The average molecular weight is 599 g/mol. The topological polar surface area (TPSA) is 124 Å². The lowest BCUT2D eigenvalue weighted by molar-refractivity contribution is 0.191. The Morgan fingerprint density at radius 3 is 2.50 bits per heavy atom. The van der Waals surface area contributed by atoms with E-state index in [4.69, 9.17) is 15.6 Å². The van der Waals surface area contributed by atoms with Crippen molar-refractivity contribution >= 4 is 32.4 Å². The first-order valence-corrected chi connectivity index (χ1v) is 15.5. The summed E-state index contributed by atoms with van der Waals surface area (Å²) in [6, 6.07) is 9.42. The van der Waals surface area contributed by atoms with Gasteiger partial charge < -0.3 is 15.8 Å². The lowest BCUT2D eigenvalue weighted by Gasteiger charge is -2.30. The molecule has 2 aromatic carbocycles. The van der Waals surface area contributed by atoms with E-state index in [9.17, 15) is 12.8 Å². The largest absolute Gasteiger partial charge is 0.383 e. The Hall–Kier alpha value is -3.61. The number of pyridine rings is 1.